The largest absolute Gasteiger partial charge is 0.507 e. The smallest absolute Gasteiger partial charge is 0.295 e. The number of nitrogens with zero attached hydrogens (tertiary/aromatic N) is 1. The van der Waals surface area contributed by atoms with E-state index in [9.17, 15) is 14.7 Å². The second-order valence-corrected chi connectivity index (χ2v) is 7.94. The highest BCUT2D eigenvalue weighted by Gasteiger charge is 2.49. The second-order valence-electron chi connectivity index (χ2n) is 7.94. The average Bonchev–Trinajstić information content (AvgIpc) is 3.09. The first kappa shape index (κ1) is 21.0. The van der Waals surface area contributed by atoms with Crippen LogP contribution in [0.5, 0.6) is 11.5 Å². The zero-order chi connectivity index (χ0) is 22.0. The summed E-state index contributed by atoms with van der Waals surface area (Å²) in [5.41, 5.74) is 1.14. The molecule has 2 aliphatic rings. The standard InChI is InChI=1S/C25H27NO5/c1-30-19-14-8-6-12-17(19)22-21(23(27)18-13-7-9-15-20(18)31-2)24(28)25(29)26(22)16-10-4-3-5-11-16/h6-9,12-16,22,27H,3-5,10-11H2,1-2H3/b23-21+. The molecule has 1 saturated heterocycles. The van der Waals surface area contributed by atoms with Gasteiger partial charge in [0.2, 0.25) is 0 Å². The molecule has 4 rings (SSSR count). The number of hydrogen-bond donors (Lipinski definition) is 1. The Morgan fingerprint density at radius 3 is 2.19 bits per heavy atom. The molecule has 2 aromatic carbocycles. The van der Waals surface area contributed by atoms with Crippen LogP contribution in [0, 0.1) is 0 Å². The van der Waals surface area contributed by atoms with Crippen molar-refractivity contribution in [3.05, 3.63) is 65.2 Å². The van der Waals surface area contributed by atoms with Crippen LogP contribution in [0.2, 0.25) is 0 Å². The summed E-state index contributed by atoms with van der Waals surface area (Å²) in [6.45, 7) is 0. The molecule has 1 heterocycles. The van der Waals surface area contributed by atoms with Crippen LogP contribution in [0.4, 0.5) is 0 Å². The minimum Gasteiger partial charge on any atom is -0.507 e. The van der Waals surface area contributed by atoms with E-state index in [2.05, 4.69) is 0 Å². The second kappa shape index (κ2) is 8.84. The van der Waals surface area contributed by atoms with Crippen molar-refractivity contribution >= 4 is 17.4 Å². The van der Waals surface area contributed by atoms with Crippen LogP contribution in [-0.4, -0.2) is 42.0 Å². The molecule has 1 aliphatic carbocycles. The summed E-state index contributed by atoms with van der Waals surface area (Å²) < 4.78 is 11.0. The zero-order valence-electron chi connectivity index (χ0n) is 17.8. The highest BCUT2D eigenvalue weighted by atomic mass is 16.5. The summed E-state index contributed by atoms with van der Waals surface area (Å²) in [6.07, 6.45) is 4.83. The van der Waals surface area contributed by atoms with Crippen molar-refractivity contribution in [1.29, 1.82) is 0 Å². The van der Waals surface area contributed by atoms with Crippen molar-refractivity contribution in [3.63, 3.8) is 0 Å². The maximum atomic E-state index is 13.3. The summed E-state index contributed by atoms with van der Waals surface area (Å²) in [7, 11) is 3.07. The Balaban J connectivity index is 1.94. The summed E-state index contributed by atoms with van der Waals surface area (Å²) in [6, 6.07) is 13.5. The van der Waals surface area contributed by atoms with Gasteiger partial charge in [-0.2, -0.15) is 0 Å². The fourth-order valence-electron chi connectivity index (χ4n) is 4.77. The van der Waals surface area contributed by atoms with E-state index in [0.717, 1.165) is 32.1 Å². The number of para-hydroxylation sites is 2. The summed E-state index contributed by atoms with van der Waals surface area (Å²) in [4.78, 5) is 28.2. The lowest BCUT2D eigenvalue weighted by Gasteiger charge is -2.35. The third-order valence-electron chi connectivity index (χ3n) is 6.24. The molecule has 0 aromatic heterocycles. The van der Waals surface area contributed by atoms with Crippen LogP contribution in [0.3, 0.4) is 0 Å². The molecule has 0 spiro atoms. The predicted molar refractivity (Wildman–Crippen MR) is 117 cm³/mol. The van der Waals surface area contributed by atoms with Crippen molar-refractivity contribution in [3.8, 4) is 11.5 Å². The van der Waals surface area contributed by atoms with Crippen molar-refractivity contribution in [2.24, 2.45) is 0 Å². The normalized spacial score (nSPS) is 21.4. The Morgan fingerprint density at radius 2 is 1.52 bits per heavy atom. The van der Waals surface area contributed by atoms with E-state index in [1.807, 2.05) is 18.2 Å². The molecular formula is C25H27NO5. The lowest BCUT2D eigenvalue weighted by molar-refractivity contribution is -0.141. The summed E-state index contributed by atoms with van der Waals surface area (Å²) in [5.74, 6) is -0.474. The number of likely N-dealkylation sites (tertiary alicyclic amines) is 1. The number of carbonyl (C=O) groups excluding carboxylic acids is 2. The molecule has 162 valence electrons. The van der Waals surface area contributed by atoms with E-state index in [-0.39, 0.29) is 17.4 Å². The molecule has 1 amide bonds. The van der Waals surface area contributed by atoms with Gasteiger partial charge in [0.05, 0.1) is 31.4 Å². The molecule has 0 radical (unpaired) electrons. The van der Waals surface area contributed by atoms with Crippen LogP contribution in [0.25, 0.3) is 5.76 Å². The Morgan fingerprint density at radius 1 is 0.903 bits per heavy atom. The van der Waals surface area contributed by atoms with Gasteiger partial charge in [-0.25, -0.2) is 0 Å². The Labute approximate surface area is 182 Å². The molecule has 2 fully saturated rings. The van der Waals surface area contributed by atoms with Gasteiger partial charge >= 0.3 is 0 Å². The lowest BCUT2D eigenvalue weighted by atomic mass is 9.90. The quantitative estimate of drug-likeness (QED) is 0.438. The first-order valence-corrected chi connectivity index (χ1v) is 10.6. The third-order valence-corrected chi connectivity index (χ3v) is 6.24. The van der Waals surface area contributed by atoms with Crippen LogP contribution in [0.15, 0.2) is 54.1 Å². The highest BCUT2D eigenvalue weighted by Crippen LogP contribution is 2.46. The SMILES string of the molecule is COc1ccccc1/C(O)=C1\C(=O)C(=O)N(C2CCCCC2)C1c1ccccc1OC. The minimum absolute atomic E-state index is 0.0527. The molecule has 1 saturated carbocycles. The maximum Gasteiger partial charge on any atom is 0.295 e. The Hall–Kier alpha value is -3.28. The van der Waals surface area contributed by atoms with Gasteiger partial charge in [0.15, 0.2) is 0 Å². The van der Waals surface area contributed by atoms with Crippen LogP contribution < -0.4 is 9.47 Å². The Bertz CT molecular complexity index is 1020. The van der Waals surface area contributed by atoms with Crippen molar-refractivity contribution in [1.82, 2.24) is 4.90 Å². The fourth-order valence-corrected chi connectivity index (χ4v) is 4.77. The Kier molecular flexibility index (Phi) is 5.98. The number of methoxy groups -OCH3 is 2. The molecular weight excluding hydrogens is 394 g/mol. The van der Waals surface area contributed by atoms with E-state index in [1.165, 1.54) is 7.11 Å². The molecule has 0 bridgehead atoms. The van der Waals surface area contributed by atoms with Gasteiger partial charge in [-0.3, -0.25) is 9.59 Å². The monoisotopic (exact) mass is 421 g/mol. The molecule has 31 heavy (non-hydrogen) atoms. The molecule has 1 atom stereocenters. The van der Waals surface area contributed by atoms with E-state index < -0.39 is 17.7 Å². The van der Waals surface area contributed by atoms with Gasteiger partial charge in [0.1, 0.15) is 17.3 Å². The average molecular weight is 421 g/mol. The van der Waals surface area contributed by atoms with Crippen molar-refractivity contribution < 1.29 is 24.2 Å². The van der Waals surface area contributed by atoms with E-state index in [0.29, 0.717) is 22.6 Å². The molecule has 6 nitrogen and oxygen atoms in total. The first-order chi connectivity index (χ1) is 15.1. The number of carbonyl (C=O) groups is 2. The zero-order valence-corrected chi connectivity index (χ0v) is 17.8. The van der Waals surface area contributed by atoms with Crippen LogP contribution >= 0.6 is 0 Å². The number of ether oxygens (including phenoxy) is 2. The van der Waals surface area contributed by atoms with Gasteiger partial charge in [0.25, 0.3) is 11.7 Å². The molecule has 1 unspecified atom stereocenters. The number of Topliss-reactive ketones (excluding diaryl/α,β-unsaturated/α-hetero) is 1. The van der Waals surface area contributed by atoms with Crippen molar-refractivity contribution in [2.75, 3.05) is 14.2 Å². The summed E-state index contributed by atoms with van der Waals surface area (Å²) >= 11 is 0. The number of ketones is 1. The van der Waals surface area contributed by atoms with Crippen LogP contribution in [0.1, 0.15) is 49.3 Å². The van der Waals surface area contributed by atoms with Gasteiger partial charge in [-0.1, -0.05) is 49.6 Å². The first-order valence-electron chi connectivity index (χ1n) is 10.6. The molecule has 1 aliphatic heterocycles. The predicted octanol–water partition coefficient (Wildman–Crippen LogP) is 4.46. The number of aliphatic hydroxyl groups excluding tert-OH is 1. The molecule has 1 N–H and O–H groups in total. The third kappa shape index (κ3) is 3.67. The minimum atomic E-state index is -0.718. The number of amides is 1. The van der Waals surface area contributed by atoms with Gasteiger partial charge in [-0.05, 0) is 31.0 Å². The fraction of sp³-hybridized carbons (Fsp3) is 0.360. The molecule has 2 aromatic rings. The van der Waals surface area contributed by atoms with Gasteiger partial charge in [-0.15, -0.1) is 0 Å². The topological polar surface area (TPSA) is 76.1 Å². The number of aliphatic hydroxyl groups is 1. The lowest BCUT2D eigenvalue weighted by Crippen LogP contribution is -2.40. The van der Waals surface area contributed by atoms with E-state index in [4.69, 9.17) is 9.47 Å². The van der Waals surface area contributed by atoms with Crippen LogP contribution in [-0.2, 0) is 9.59 Å². The maximum absolute atomic E-state index is 13.3. The van der Waals surface area contributed by atoms with E-state index in [1.54, 1.807) is 42.3 Å². The van der Waals surface area contributed by atoms with Crippen molar-refractivity contribution in [2.45, 2.75) is 44.2 Å². The van der Waals surface area contributed by atoms with Gasteiger partial charge < -0.3 is 19.5 Å². The number of benzene rings is 2. The highest BCUT2D eigenvalue weighted by molar-refractivity contribution is 6.46. The number of hydrogen-bond acceptors (Lipinski definition) is 5. The van der Waals surface area contributed by atoms with Gasteiger partial charge in [0, 0.05) is 11.6 Å². The molecule has 6 heteroatoms. The van der Waals surface area contributed by atoms with E-state index >= 15 is 0 Å². The number of rotatable bonds is 5. The summed E-state index contributed by atoms with van der Waals surface area (Å²) in [5, 5.41) is 11.3.